The fourth-order valence-corrected chi connectivity index (χ4v) is 5.53. The third kappa shape index (κ3) is 4.13. The predicted octanol–water partition coefficient (Wildman–Crippen LogP) is 5.45. The topological polar surface area (TPSA) is 64.1 Å². The fraction of sp³-hybridized carbons (Fsp3) is 0.345. The Balaban J connectivity index is 1.55. The highest BCUT2D eigenvalue weighted by Gasteiger charge is 2.55. The van der Waals surface area contributed by atoms with Gasteiger partial charge in [0.2, 0.25) is 0 Å². The lowest BCUT2D eigenvalue weighted by atomic mass is 9.80. The second-order valence-electron chi connectivity index (χ2n) is 9.58. The van der Waals surface area contributed by atoms with E-state index in [-0.39, 0.29) is 24.0 Å². The van der Waals surface area contributed by atoms with Crippen molar-refractivity contribution < 1.29 is 19.0 Å². The Kier molecular flexibility index (Phi) is 6.20. The molecule has 0 spiro atoms. The normalized spacial score (nSPS) is 25.5. The van der Waals surface area contributed by atoms with Gasteiger partial charge in [-0.15, -0.1) is 0 Å². The van der Waals surface area contributed by atoms with E-state index in [0.29, 0.717) is 6.61 Å². The first-order valence-electron chi connectivity index (χ1n) is 11.9. The Morgan fingerprint density at radius 2 is 1.32 bits per heavy atom. The van der Waals surface area contributed by atoms with Crippen LogP contribution in [0.25, 0.3) is 5.53 Å². The highest BCUT2D eigenvalue weighted by Crippen LogP contribution is 2.46. The van der Waals surface area contributed by atoms with Crippen LogP contribution in [0.3, 0.4) is 0 Å². The molecule has 1 heterocycles. The lowest BCUT2D eigenvalue weighted by Gasteiger charge is -2.37. The van der Waals surface area contributed by atoms with Crippen molar-refractivity contribution >= 4 is 6.21 Å². The summed E-state index contributed by atoms with van der Waals surface area (Å²) in [5.74, 6) is -0.611. The number of rotatable bonds is 7. The zero-order chi connectivity index (χ0) is 23.6. The van der Waals surface area contributed by atoms with E-state index in [0.717, 1.165) is 23.1 Å². The standard InChI is InChI=1S/C29H30N2O3/c1-28(2)33-26-21(19-31-30)18-22(27(26)34-28)20-32-29(23-12-6-3-7-13-23,24-14-8-4-9-15-24)25-16-10-5-11-17-25/h3-17,19,21-22,26-27H,18,20H2,1-2H3/t21-,22+,26-,27+/m0/s1. The molecule has 0 radical (unpaired) electrons. The Bertz CT molecular complexity index is 1050. The van der Waals surface area contributed by atoms with Gasteiger partial charge in [-0.25, -0.2) is 0 Å². The Labute approximate surface area is 200 Å². The molecule has 2 aliphatic rings. The molecule has 1 aliphatic carbocycles. The number of hydrogen-bond acceptors (Lipinski definition) is 3. The molecule has 0 amide bonds. The monoisotopic (exact) mass is 454 g/mol. The number of nitrogens with zero attached hydrogens (tertiary/aromatic N) is 2. The molecule has 3 aromatic rings. The Morgan fingerprint density at radius 1 is 0.853 bits per heavy atom. The van der Waals surface area contributed by atoms with Crippen molar-refractivity contribution in [3.63, 3.8) is 0 Å². The van der Waals surface area contributed by atoms with E-state index in [1.54, 1.807) is 6.21 Å². The third-order valence-corrected chi connectivity index (χ3v) is 6.94. The zero-order valence-electron chi connectivity index (χ0n) is 19.6. The largest absolute Gasteiger partial charge is 0.362 e. The van der Waals surface area contributed by atoms with Gasteiger partial charge in [0.15, 0.2) is 5.79 Å². The summed E-state index contributed by atoms with van der Waals surface area (Å²) in [5, 5.41) is 0. The second-order valence-corrected chi connectivity index (χ2v) is 9.58. The van der Waals surface area contributed by atoms with Crippen LogP contribution in [0.2, 0.25) is 0 Å². The van der Waals surface area contributed by atoms with Crippen molar-refractivity contribution in [1.29, 1.82) is 0 Å². The summed E-state index contributed by atoms with van der Waals surface area (Å²) in [6, 6.07) is 31.1. The molecule has 5 nitrogen and oxygen atoms in total. The molecule has 0 N–H and O–H groups in total. The van der Waals surface area contributed by atoms with Gasteiger partial charge in [0.25, 0.3) is 6.21 Å². The van der Waals surface area contributed by atoms with Crippen LogP contribution in [0.4, 0.5) is 0 Å². The summed E-state index contributed by atoms with van der Waals surface area (Å²) >= 11 is 0. The van der Waals surface area contributed by atoms with Crippen LogP contribution in [0, 0.1) is 11.8 Å². The Hall–Kier alpha value is -3.08. The first-order chi connectivity index (χ1) is 16.5. The van der Waals surface area contributed by atoms with Crippen LogP contribution < -0.4 is 0 Å². The number of ether oxygens (including phenoxy) is 3. The first kappa shape index (κ1) is 22.7. The van der Waals surface area contributed by atoms with E-state index in [1.807, 2.05) is 32.0 Å². The molecule has 3 aromatic carbocycles. The van der Waals surface area contributed by atoms with Crippen LogP contribution in [-0.2, 0) is 19.8 Å². The lowest BCUT2D eigenvalue weighted by molar-refractivity contribution is -0.163. The van der Waals surface area contributed by atoms with Crippen molar-refractivity contribution in [3.05, 3.63) is 113 Å². The minimum absolute atomic E-state index is 0.0232. The lowest BCUT2D eigenvalue weighted by Crippen LogP contribution is -2.37. The number of hydrogen-bond donors (Lipinski definition) is 0. The molecule has 5 rings (SSSR count). The van der Waals surface area contributed by atoms with E-state index < -0.39 is 11.4 Å². The van der Waals surface area contributed by atoms with Gasteiger partial charge >= 0.3 is 0 Å². The predicted molar refractivity (Wildman–Crippen MR) is 130 cm³/mol. The van der Waals surface area contributed by atoms with Crippen LogP contribution in [0.5, 0.6) is 0 Å². The van der Waals surface area contributed by atoms with Crippen molar-refractivity contribution in [2.75, 3.05) is 6.61 Å². The highest BCUT2D eigenvalue weighted by molar-refractivity contribution is 5.56. The van der Waals surface area contributed by atoms with Crippen molar-refractivity contribution in [3.8, 4) is 0 Å². The molecular formula is C29H30N2O3. The molecule has 34 heavy (non-hydrogen) atoms. The zero-order valence-corrected chi connectivity index (χ0v) is 19.6. The fourth-order valence-electron chi connectivity index (χ4n) is 5.53. The van der Waals surface area contributed by atoms with Gasteiger partial charge in [0, 0.05) is 5.92 Å². The average molecular weight is 455 g/mol. The van der Waals surface area contributed by atoms with Gasteiger partial charge in [0.05, 0.1) is 18.6 Å². The van der Waals surface area contributed by atoms with Crippen LogP contribution in [-0.4, -0.2) is 35.6 Å². The van der Waals surface area contributed by atoms with Crippen LogP contribution in [0.1, 0.15) is 37.0 Å². The summed E-state index contributed by atoms with van der Waals surface area (Å²) in [5.41, 5.74) is 11.6. The smallest absolute Gasteiger partial charge is 0.263 e. The van der Waals surface area contributed by atoms with Crippen molar-refractivity contribution in [2.45, 2.75) is 43.9 Å². The van der Waals surface area contributed by atoms with Crippen LogP contribution >= 0.6 is 0 Å². The SMILES string of the molecule is CC1(C)O[C@@H]2[C@@H](COC(c3ccccc3)(c3ccccc3)c3ccccc3)C[C@@H](C=[N+]=[N-])[C@@H]2O1. The molecule has 4 atom stereocenters. The highest BCUT2D eigenvalue weighted by atomic mass is 16.8. The first-order valence-corrected chi connectivity index (χ1v) is 11.9. The second kappa shape index (κ2) is 9.28. The van der Waals surface area contributed by atoms with E-state index in [4.69, 9.17) is 14.2 Å². The van der Waals surface area contributed by atoms with Gasteiger partial charge in [-0.3, -0.25) is 0 Å². The number of benzene rings is 3. The van der Waals surface area contributed by atoms with Crippen molar-refractivity contribution in [2.24, 2.45) is 11.8 Å². The summed E-state index contributed by atoms with van der Waals surface area (Å²) in [4.78, 5) is 3.31. The van der Waals surface area contributed by atoms with Gasteiger partial charge in [-0.05, 0) is 37.0 Å². The minimum atomic E-state index is -0.780. The molecule has 0 unspecified atom stereocenters. The molecule has 0 bridgehead atoms. The van der Waals surface area contributed by atoms with E-state index in [1.165, 1.54) is 0 Å². The van der Waals surface area contributed by atoms with Gasteiger partial charge in [0.1, 0.15) is 11.7 Å². The molecule has 1 saturated carbocycles. The van der Waals surface area contributed by atoms with Gasteiger partial charge < -0.3 is 19.7 Å². The van der Waals surface area contributed by atoms with E-state index in [9.17, 15) is 5.53 Å². The Morgan fingerprint density at radius 3 is 1.79 bits per heavy atom. The average Bonchev–Trinajstić information content (AvgIpc) is 3.35. The van der Waals surface area contributed by atoms with Crippen molar-refractivity contribution in [1.82, 2.24) is 0 Å². The molecule has 1 saturated heterocycles. The van der Waals surface area contributed by atoms with Gasteiger partial charge in [-0.1, -0.05) is 91.0 Å². The molecule has 0 aromatic heterocycles. The minimum Gasteiger partial charge on any atom is -0.362 e. The molecule has 5 heteroatoms. The third-order valence-electron chi connectivity index (χ3n) is 6.94. The maximum Gasteiger partial charge on any atom is 0.263 e. The van der Waals surface area contributed by atoms with E-state index in [2.05, 4.69) is 77.6 Å². The molecular weight excluding hydrogens is 424 g/mol. The summed E-state index contributed by atoms with van der Waals surface area (Å²) in [6.07, 6.45) is 2.06. The molecule has 1 aliphatic heterocycles. The summed E-state index contributed by atoms with van der Waals surface area (Å²) < 4.78 is 19.5. The van der Waals surface area contributed by atoms with Crippen LogP contribution in [0.15, 0.2) is 91.0 Å². The molecule has 174 valence electrons. The van der Waals surface area contributed by atoms with Gasteiger partial charge in [-0.2, -0.15) is 4.79 Å². The number of fused-ring (bicyclic) bond motifs is 1. The van der Waals surface area contributed by atoms with E-state index >= 15 is 0 Å². The maximum atomic E-state index is 9.21. The quantitative estimate of drug-likeness (QED) is 0.206. The maximum absolute atomic E-state index is 9.21. The summed E-state index contributed by atoms with van der Waals surface area (Å²) in [7, 11) is 0. The molecule has 2 fully saturated rings. The summed E-state index contributed by atoms with van der Waals surface area (Å²) in [6.45, 7) is 4.33.